The number of hydrogen-bond donors (Lipinski definition) is 0. The Morgan fingerprint density at radius 2 is 1.81 bits per heavy atom. The number of aromatic nitrogens is 1. The molecule has 7 nitrogen and oxygen atoms in total. The Hall–Kier alpha value is -2.80. The van der Waals surface area contributed by atoms with Gasteiger partial charge in [0.2, 0.25) is 5.91 Å². The molecule has 1 heterocycles. The summed E-state index contributed by atoms with van der Waals surface area (Å²) in [7, 11) is 3.55. The molecule has 2 amide bonds. The summed E-state index contributed by atoms with van der Waals surface area (Å²) in [5.41, 5.74) is 1.58. The summed E-state index contributed by atoms with van der Waals surface area (Å²) in [6, 6.07) is 11.0. The number of carbonyl (C=O) groups is 2. The normalized spacial score (nSPS) is 10.8. The second kappa shape index (κ2) is 13.6. The number of hydrogen-bond acceptors (Lipinski definition) is 4. The Kier molecular flexibility index (Phi) is 10.8. The molecule has 0 aliphatic heterocycles. The largest absolute Gasteiger partial charge is 0.497 e. The van der Waals surface area contributed by atoms with Gasteiger partial charge < -0.3 is 23.8 Å². The maximum absolute atomic E-state index is 13.3. The van der Waals surface area contributed by atoms with Crippen molar-refractivity contribution in [2.75, 3.05) is 40.0 Å². The zero-order chi connectivity index (χ0) is 23.3. The molecule has 0 spiro atoms. The fourth-order valence-corrected chi connectivity index (χ4v) is 3.45. The van der Waals surface area contributed by atoms with E-state index in [0.717, 1.165) is 18.5 Å². The van der Waals surface area contributed by atoms with Crippen molar-refractivity contribution in [3.63, 3.8) is 0 Å². The predicted molar refractivity (Wildman–Crippen MR) is 126 cm³/mol. The van der Waals surface area contributed by atoms with Crippen molar-refractivity contribution in [2.45, 2.75) is 39.7 Å². The molecule has 176 valence electrons. The lowest BCUT2D eigenvalue weighted by Crippen LogP contribution is -2.43. The first-order chi connectivity index (χ1) is 15.5. The van der Waals surface area contributed by atoms with Gasteiger partial charge in [0.25, 0.3) is 5.91 Å². The summed E-state index contributed by atoms with van der Waals surface area (Å²) in [4.78, 5) is 30.1. The number of nitrogens with zero attached hydrogens (tertiary/aromatic N) is 3. The number of benzene rings is 1. The van der Waals surface area contributed by atoms with Gasteiger partial charge in [-0.3, -0.25) is 9.59 Å². The van der Waals surface area contributed by atoms with E-state index in [1.165, 1.54) is 0 Å². The van der Waals surface area contributed by atoms with Crippen LogP contribution >= 0.6 is 0 Å². The van der Waals surface area contributed by atoms with Crippen molar-refractivity contribution in [3.05, 3.63) is 53.9 Å². The van der Waals surface area contributed by atoms with E-state index in [4.69, 9.17) is 9.47 Å². The monoisotopic (exact) mass is 443 g/mol. The van der Waals surface area contributed by atoms with Gasteiger partial charge in [0.15, 0.2) is 0 Å². The Morgan fingerprint density at radius 1 is 1.03 bits per heavy atom. The van der Waals surface area contributed by atoms with Crippen LogP contribution in [0.4, 0.5) is 0 Å². The molecule has 7 heteroatoms. The van der Waals surface area contributed by atoms with Crippen molar-refractivity contribution < 1.29 is 19.1 Å². The molecule has 2 rings (SSSR count). The van der Waals surface area contributed by atoms with E-state index in [9.17, 15) is 9.59 Å². The third kappa shape index (κ3) is 7.71. The molecule has 0 radical (unpaired) electrons. The molecule has 0 unspecified atom stereocenters. The smallest absolute Gasteiger partial charge is 0.254 e. The van der Waals surface area contributed by atoms with Crippen LogP contribution in [0.2, 0.25) is 0 Å². The molecule has 0 fully saturated rings. The number of methoxy groups -OCH3 is 1. The van der Waals surface area contributed by atoms with Gasteiger partial charge in [-0.05, 0) is 50.1 Å². The molecule has 0 atom stereocenters. The van der Waals surface area contributed by atoms with Gasteiger partial charge in [-0.25, -0.2) is 0 Å². The summed E-state index contributed by atoms with van der Waals surface area (Å²) in [6.07, 6.45) is 4.57. The highest BCUT2D eigenvalue weighted by Crippen LogP contribution is 2.15. The maximum atomic E-state index is 13.3. The molecule has 0 saturated heterocycles. The molecule has 32 heavy (non-hydrogen) atoms. The SMILES string of the molecule is CCCCN(Cc1cccn1C)C(=O)CN(CCCOCC)C(=O)c1cccc(OC)c1. The fraction of sp³-hybridized carbons (Fsp3) is 0.520. The highest BCUT2D eigenvalue weighted by molar-refractivity contribution is 5.96. The summed E-state index contributed by atoms with van der Waals surface area (Å²) in [6.45, 7) is 6.92. The average molecular weight is 444 g/mol. The third-order valence-electron chi connectivity index (χ3n) is 5.39. The van der Waals surface area contributed by atoms with Crippen LogP contribution in [0, 0.1) is 0 Å². The molecule has 1 aromatic carbocycles. The van der Waals surface area contributed by atoms with Crippen LogP contribution in [-0.2, 0) is 23.1 Å². The van der Waals surface area contributed by atoms with Crippen LogP contribution in [0.1, 0.15) is 49.2 Å². The zero-order valence-electron chi connectivity index (χ0n) is 19.9. The highest BCUT2D eigenvalue weighted by atomic mass is 16.5. The Morgan fingerprint density at radius 3 is 2.47 bits per heavy atom. The van der Waals surface area contributed by atoms with Crippen LogP contribution in [0.15, 0.2) is 42.6 Å². The Bertz CT molecular complexity index is 849. The van der Waals surface area contributed by atoms with E-state index in [1.54, 1.807) is 36.3 Å². The number of carbonyl (C=O) groups excluding carboxylic acids is 2. The van der Waals surface area contributed by atoms with Crippen molar-refractivity contribution in [3.8, 4) is 5.75 Å². The summed E-state index contributed by atoms with van der Waals surface area (Å²) in [5.74, 6) is 0.389. The summed E-state index contributed by atoms with van der Waals surface area (Å²) in [5, 5.41) is 0. The molecule has 2 aromatic rings. The standard InChI is InChI=1S/C25H37N3O4/c1-5-7-15-27(19-22-12-9-14-26(22)3)24(29)20-28(16-10-17-32-6-2)25(30)21-11-8-13-23(18-21)31-4/h8-9,11-14,18H,5-7,10,15-17,19-20H2,1-4H3. The van der Waals surface area contributed by atoms with Gasteiger partial charge >= 0.3 is 0 Å². The lowest BCUT2D eigenvalue weighted by Gasteiger charge is -2.28. The first-order valence-corrected chi connectivity index (χ1v) is 11.4. The highest BCUT2D eigenvalue weighted by Gasteiger charge is 2.23. The number of unbranched alkanes of at least 4 members (excludes halogenated alkanes) is 1. The third-order valence-corrected chi connectivity index (χ3v) is 5.39. The van der Waals surface area contributed by atoms with Gasteiger partial charge in [0.05, 0.1) is 13.7 Å². The average Bonchev–Trinajstić information content (AvgIpc) is 3.22. The lowest BCUT2D eigenvalue weighted by molar-refractivity contribution is -0.132. The fourth-order valence-electron chi connectivity index (χ4n) is 3.45. The van der Waals surface area contributed by atoms with Gasteiger partial charge in [0.1, 0.15) is 12.3 Å². The van der Waals surface area contributed by atoms with E-state index < -0.39 is 0 Å². The van der Waals surface area contributed by atoms with E-state index in [0.29, 0.717) is 50.6 Å². The summed E-state index contributed by atoms with van der Waals surface area (Å²) < 4.78 is 12.7. The van der Waals surface area contributed by atoms with Crippen LogP contribution in [-0.4, -0.2) is 66.1 Å². The minimum Gasteiger partial charge on any atom is -0.497 e. The lowest BCUT2D eigenvalue weighted by atomic mass is 10.1. The van der Waals surface area contributed by atoms with Crippen molar-refractivity contribution in [2.24, 2.45) is 7.05 Å². The second-order valence-electron chi connectivity index (χ2n) is 7.79. The van der Waals surface area contributed by atoms with Crippen molar-refractivity contribution in [1.29, 1.82) is 0 Å². The molecule has 0 aliphatic carbocycles. The minimum atomic E-state index is -0.178. The second-order valence-corrected chi connectivity index (χ2v) is 7.79. The molecule has 0 bridgehead atoms. The first-order valence-electron chi connectivity index (χ1n) is 11.4. The van der Waals surface area contributed by atoms with E-state index in [-0.39, 0.29) is 18.4 Å². The first kappa shape index (κ1) is 25.5. The molecule has 0 N–H and O–H groups in total. The van der Waals surface area contributed by atoms with Crippen molar-refractivity contribution >= 4 is 11.8 Å². The zero-order valence-corrected chi connectivity index (χ0v) is 19.9. The van der Waals surface area contributed by atoms with Gasteiger partial charge in [-0.1, -0.05) is 19.4 Å². The predicted octanol–water partition coefficient (Wildman–Crippen LogP) is 3.73. The number of amides is 2. The molecular formula is C25H37N3O4. The Labute approximate surface area is 191 Å². The van der Waals surface area contributed by atoms with Gasteiger partial charge in [-0.15, -0.1) is 0 Å². The van der Waals surface area contributed by atoms with Crippen LogP contribution in [0.3, 0.4) is 0 Å². The van der Waals surface area contributed by atoms with Crippen molar-refractivity contribution in [1.82, 2.24) is 14.4 Å². The Balaban J connectivity index is 2.17. The van der Waals surface area contributed by atoms with Crippen LogP contribution in [0.5, 0.6) is 5.75 Å². The summed E-state index contributed by atoms with van der Waals surface area (Å²) >= 11 is 0. The van der Waals surface area contributed by atoms with Crippen LogP contribution < -0.4 is 4.74 Å². The number of rotatable bonds is 14. The molecular weight excluding hydrogens is 406 g/mol. The number of ether oxygens (including phenoxy) is 2. The minimum absolute atomic E-state index is 0.0380. The van der Waals surface area contributed by atoms with Gasteiger partial charge in [-0.2, -0.15) is 0 Å². The molecule has 1 aromatic heterocycles. The number of aryl methyl sites for hydroxylation is 1. The molecule has 0 aliphatic rings. The van der Waals surface area contributed by atoms with E-state index >= 15 is 0 Å². The quantitative estimate of drug-likeness (QED) is 0.418. The van der Waals surface area contributed by atoms with E-state index in [2.05, 4.69) is 6.92 Å². The van der Waals surface area contributed by atoms with Crippen LogP contribution in [0.25, 0.3) is 0 Å². The maximum Gasteiger partial charge on any atom is 0.254 e. The van der Waals surface area contributed by atoms with Gasteiger partial charge in [0, 0.05) is 50.8 Å². The van der Waals surface area contributed by atoms with E-state index in [1.807, 2.05) is 41.8 Å². The topological polar surface area (TPSA) is 64.0 Å². The molecule has 0 saturated carbocycles.